The van der Waals surface area contributed by atoms with Gasteiger partial charge in [-0.2, -0.15) is 4.98 Å². The van der Waals surface area contributed by atoms with E-state index in [1.54, 1.807) is 0 Å². The zero-order chi connectivity index (χ0) is 14.3. The summed E-state index contributed by atoms with van der Waals surface area (Å²) in [5.41, 5.74) is 0. The third kappa shape index (κ3) is 2.61. The van der Waals surface area contributed by atoms with Crippen molar-refractivity contribution >= 4 is 9.84 Å². The molecule has 2 aliphatic heterocycles. The number of sulfone groups is 1. The molecule has 0 N–H and O–H groups in total. The number of aromatic nitrogens is 2. The first kappa shape index (κ1) is 14.0. The molecule has 2 aliphatic rings. The first-order chi connectivity index (χ1) is 9.46. The van der Waals surface area contributed by atoms with Gasteiger partial charge in [-0.25, -0.2) is 8.42 Å². The molecule has 1 unspecified atom stereocenters. The molecular formula is C13H20N2O4S. The number of ether oxygens (including phenoxy) is 1. The van der Waals surface area contributed by atoms with Crippen LogP contribution >= 0.6 is 0 Å². The summed E-state index contributed by atoms with van der Waals surface area (Å²) < 4.78 is 34.1. The zero-order valence-electron chi connectivity index (χ0n) is 11.8. The third-order valence-corrected chi connectivity index (χ3v) is 6.06. The molecule has 20 heavy (non-hydrogen) atoms. The summed E-state index contributed by atoms with van der Waals surface area (Å²) in [4.78, 5) is 4.41. The van der Waals surface area contributed by atoms with Gasteiger partial charge in [0.2, 0.25) is 0 Å². The highest BCUT2D eigenvalue weighted by molar-refractivity contribution is 7.91. The first-order valence-electron chi connectivity index (χ1n) is 7.12. The van der Waals surface area contributed by atoms with Gasteiger partial charge < -0.3 is 9.26 Å². The van der Waals surface area contributed by atoms with E-state index in [0.717, 1.165) is 6.42 Å². The van der Waals surface area contributed by atoms with Crippen molar-refractivity contribution in [3.63, 3.8) is 0 Å². The molecule has 2 fully saturated rings. The van der Waals surface area contributed by atoms with Crippen LogP contribution in [0.4, 0.5) is 0 Å². The molecule has 1 aromatic heterocycles. The summed E-state index contributed by atoms with van der Waals surface area (Å²) in [6.45, 7) is 5.03. The van der Waals surface area contributed by atoms with Crippen LogP contribution in [0.1, 0.15) is 50.4 Å². The van der Waals surface area contributed by atoms with Gasteiger partial charge in [-0.3, -0.25) is 0 Å². The lowest BCUT2D eigenvalue weighted by Gasteiger charge is -2.18. The van der Waals surface area contributed by atoms with E-state index in [1.807, 2.05) is 0 Å². The van der Waals surface area contributed by atoms with Crippen molar-refractivity contribution in [2.45, 2.75) is 38.7 Å². The number of hydrogen-bond acceptors (Lipinski definition) is 6. The summed E-state index contributed by atoms with van der Waals surface area (Å²) >= 11 is 0. The Labute approximate surface area is 118 Å². The molecule has 1 aromatic rings. The van der Waals surface area contributed by atoms with Crippen LogP contribution in [0.2, 0.25) is 0 Å². The van der Waals surface area contributed by atoms with Crippen molar-refractivity contribution in [1.82, 2.24) is 10.1 Å². The molecule has 0 bridgehead atoms. The first-order valence-corrected chi connectivity index (χ1v) is 8.94. The van der Waals surface area contributed by atoms with Crippen LogP contribution in [0.5, 0.6) is 0 Å². The van der Waals surface area contributed by atoms with E-state index in [4.69, 9.17) is 9.26 Å². The van der Waals surface area contributed by atoms with E-state index in [9.17, 15) is 8.42 Å². The standard InChI is InChI=1S/C13H20N2O4S/c1-8(2)10-3-5-18-11(10)13-14-12(15-19-13)9-4-6-20(16,17)7-9/h8-11H,3-7H2,1-2H3/t9?,10-,11-/m0/s1. The molecule has 0 aliphatic carbocycles. The molecule has 3 rings (SSSR count). The molecule has 7 heteroatoms. The molecule has 0 saturated carbocycles. The second-order valence-corrected chi connectivity index (χ2v) is 8.31. The summed E-state index contributed by atoms with van der Waals surface area (Å²) in [6, 6.07) is 0. The molecule has 0 amide bonds. The highest BCUT2D eigenvalue weighted by atomic mass is 32.2. The minimum absolute atomic E-state index is 0.128. The van der Waals surface area contributed by atoms with Gasteiger partial charge in [0.05, 0.1) is 11.5 Å². The van der Waals surface area contributed by atoms with Crippen molar-refractivity contribution in [3.05, 3.63) is 11.7 Å². The lowest BCUT2D eigenvalue weighted by Crippen LogP contribution is -2.14. The Morgan fingerprint density at radius 3 is 2.75 bits per heavy atom. The van der Waals surface area contributed by atoms with Crippen LogP contribution in [0.15, 0.2) is 4.52 Å². The third-order valence-electron chi connectivity index (χ3n) is 4.29. The summed E-state index contributed by atoms with van der Waals surface area (Å²) in [6.07, 6.45) is 1.44. The van der Waals surface area contributed by atoms with Gasteiger partial charge in [0.1, 0.15) is 6.10 Å². The quantitative estimate of drug-likeness (QED) is 0.845. The predicted octanol–water partition coefficient (Wildman–Crippen LogP) is 1.71. The van der Waals surface area contributed by atoms with E-state index >= 15 is 0 Å². The topological polar surface area (TPSA) is 82.3 Å². The van der Waals surface area contributed by atoms with Crippen LogP contribution in [0.25, 0.3) is 0 Å². The largest absolute Gasteiger partial charge is 0.368 e. The van der Waals surface area contributed by atoms with Gasteiger partial charge in [0, 0.05) is 12.5 Å². The molecule has 2 saturated heterocycles. The predicted molar refractivity (Wildman–Crippen MR) is 71.9 cm³/mol. The molecule has 0 aromatic carbocycles. The molecule has 112 valence electrons. The number of hydrogen-bond donors (Lipinski definition) is 0. The van der Waals surface area contributed by atoms with Crippen molar-refractivity contribution < 1.29 is 17.7 Å². The number of nitrogens with zero attached hydrogens (tertiary/aromatic N) is 2. The van der Waals surface area contributed by atoms with E-state index in [2.05, 4.69) is 24.0 Å². The van der Waals surface area contributed by atoms with Crippen molar-refractivity contribution in [1.29, 1.82) is 0 Å². The lowest BCUT2D eigenvalue weighted by atomic mass is 9.89. The fourth-order valence-electron chi connectivity index (χ4n) is 3.07. The summed E-state index contributed by atoms with van der Waals surface area (Å²) in [5, 5.41) is 3.97. The summed E-state index contributed by atoms with van der Waals surface area (Å²) in [5.74, 6) is 2.11. The monoisotopic (exact) mass is 300 g/mol. The van der Waals surface area contributed by atoms with E-state index in [0.29, 0.717) is 36.6 Å². The molecule has 3 atom stereocenters. The second-order valence-electron chi connectivity index (χ2n) is 6.08. The van der Waals surface area contributed by atoms with E-state index in [1.165, 1.54) is 0 Å². The zero-order valence-corrected chi connectivity index (χ0v) is 12.6. The van der Waals surface area contributed by atoms with Crippen LogP contribution < -0.4 is 0 Å². The Morgan fingerprint density at radius 1 is 1.30 bits per heavy atom. The van der Waals surface area contributed by atoms with Gasteiger partial charge >= 0.3 is 0 Å². The Hall–Kier alpha value is -0.950. The smallest absolute Gasteiger partial charge is 0.256 e. The Bertz CT molecular complexity index is 581. The van der Waals surface area contributed by atoms with Crippen LogP contribution in [0, 0.1) is 11.8 Å². The molecule has 0 spiro atoms. The molecule has 0 radical (unpaired) electrons. The maximum absolute atomic E-state index is 11.5. The minimum Gasteiger partial charge on any atom is -0.368 e. The Balaban J connectivity index is 1.77. The van der Waals surface area contributed by atoms with Gasteiger partial charge in [-0.1, -0.05) is 19.0 Å². The average Bonchev–Trinajstić information content (AvgIpc) is 3.04. The van der Waals surface area contributed by atoms with Gasteiger partial charge in [-0.05, 0) is 24.7 Å². The lowest BCUT2D eigenvalue weighted by molar-refractivity contribution is 0.0519. The highest BCUT2D eigenvalue weighted by Gasteiger charge is 2.38. The highest BCUT2D eigenvalue weighted by Crippen LogP contribution is 2.39. The average molecular weight is 300 g/mol. The molecule has 6 nitrogen and oxygen atoms in total. The van der Waals surface area contributed by atoms with Crippen LogP contribution in [0.3, 0.4) is 0 Å². The van der Waals surface area contributed by atoms with Crippen LogP contribution in [-0.4, -0.2) is 36.7 Å². The van der Waals surface area contributed by atoms with E-state index in [-0.39, 0.29) is 23.5 Å². The van der Waals surface area contributed by atoms with Crippen LogP contribution in [-0.2, 0) is 14.6 Å². The van der Waals surface area contributed by atoms with Gasteiger partial charge in [-0.15, -0.1) is 0 Å². The van der Waals surface area contributed by atoms with Gasteiger partial charge in [0.15, 0.2) is 15.7 Å². The molecular weight excluding hydrogens is 280 g/mol. The van der Waals surface area contributed by atoms with E-state index < -0.39 is 9.84 Å². The maximum Gasteiger partial charge on any atom is 0.256 e. The van der Waals surface area contributed by atoms with Crippen molar-refractivity contribution in [3.8, 4) is 0 Å². The van der Waals surface area contributed by atoms with Gasteiger partial charge in [0.25, 0.3) is 5.89 Å². The Morgan fingerprint density at radius 2 is 2.10 bits per heavy atom. The minimum atomic E-state index is -2.93. The summed E-state index contributed by atoms with van der Waals surface area (Å²) in [7, 11) is -2.93. The normalized spacial score (nSPS) is 33.0. The SMILES string of the molecule is CC(C)[C@@H]1CCO[C@@H]1c1nc(C2CCS(=O)(=O)C2)no1. The van der Waals surface area contributed by atoms with Crippen molar-refractivity contribution in [2.75, 3.05) is 18.1 Å². The fourth-order valence-corrected chi connectivity index (χ4v) is 4.81. The Kier molecular flexibility index (Phi) is 3.58. The number of rotatable bonds is 3. The van der Waals surface area contributed by atoms with Crippen molar-refractivity contribution in [2.24, 2.45) is 11.8 Å². The maximum atomic E-state index is 11.5. The fraction of sp³-hybridized carbons (Fsp3) is 0.846. The molecule has 3 heterocycles. The second kappa shape index (κ2) is 5.11.